The number of anilines is 1. The second kappa shape index (κ2) is 9.74. The van der Waals surface area contributed by atoms with E-state index in [1.165, 1.54) is 6.07 Å². The number of hydrogen-bond acceptors (Lipinski definition) is 11. The van der Waals surface area contributed by atoms with E-state index in [4.69, 9.17) is 10.9 Å². The number of aromatic nitrogens is 4. The van der Waals surface area contributed by atoms with Gasteiger partial charge in [0, 0.05) is 38.5 Å². The molecule has 8 N–H and O–H groups in total. The number of benzene rings is 1. The van der Waals surface area contributed by atoms with Crippen LogP contribution >= 0.6 is 0 Å². The predicted octanol–water partition coefficient (Wildman–Crippen LogP) is -2.68. The molecule has 178 valence electrons. The van der Waals surface area contributed by atoms with E-state index in [1.807, 2.05) is 4.90 Å². The Labute approximate surface area is 185 Å². The van der Waals surface area contributed by atoms with Gasteiger partial charge in [-0.3, -0.25) is 0 Å². The van der Waals surface area contributed by atoms with Crippen LogP contribution in [0.25, 0.3) is 11.4 Å². The Kier molecular flexibility index (Phi) is 7.43. The summed E-state index contributed by atoms with van der Waals surface area (Å²) in [6.07, 6.45) is 0.156. The lowest BCUT2D eigenvalue weighted by atomic mass is 9.97. The quantitative estimate of drug-likeness (QED) is 0.212. The minimum Gasteiger partial charge on any atom is -0.396 e. The Bertz CT molecular complexity index is 1130. The first-order chi connectivity index (χ1) is 15.1. The van der Waals surface area contributed by atoms with E-state index >= 15 is 0 Å². The average molecular weight is 491 g/mol. The van der Waals surface area contributed by atoms with Gasteiger partial charge in [0.2, 0.25) is 25.9 Å². The third-order valence-electron chi connectivity index (χ3n) is 5.24. The predicted molar refractivity (Wildman–Crippen MR) is 113 cm³/mol. The summed E-state index contributed by atoms with van der Waals surface area (Å²) < 4.78 is 53.2. The highest BCUT2D eigenvalue weighted by Gasteiger charge is 2.34. The zero-order valence-corrected chi connectivity index (χ0v) is 18.7. The molecule has 2 heterocycles. The van der Waals surface area contributed by atoms with E-state index in [-0.39, 0.29) is 30.5 Å². The number of hydrogen-bond donors (Lipinski definition) is 6. The van der Waals surface area contributed by atoms with Crippen LogP contribution < -0.4 is 20.5 Å². The molecular weight excluding hydrogens is 464 g/mol. The first-order valence-corrected chi connectivity index (χ1v) is 12.8. The van der Waals surface area contributed by atoms with Crippen molar-refractivity contribution in [3.63, 3.8) is 0 Å². The minimum absolute atomic E-state index is 0.0471. The molecule has 0 saturated carbocycles. The molecule has 0 spiro atoms. The van der Waals surface area contributed by atoms with Gasteiger partial charge in [0.1, 0.15) is 9.79 Å². The molecule has 16 heteroatoms. The number of primary sulfonamides is 1. The number of piperidine rings is 1. The largest absolute Gasteiger partial charge is 0.396 e. The third-order valence-corrected chi connectivity index (χ3v) is 7.83. The highest BCUT2D eigenvalue weighted by Crippen LogP contribution is 2.39. The topological polar surface area (TPSA) is 231 Å². The summed E-state index contributed by atoms with van der Waals surface area (Å²) in [5, 5.41) is 37.8. The lowest BCUT2D eigenvalue weighted by molar-refractivity contribution is 0.186. The minimum atomic E-state index is -4.59. The second-order valence-corrected chi connectivity index (χ2v) is 10.7. The molecule has 0 amide bonds. The zero-order chi connectivity index (χ0) is 23.5. The summed E-state index contributed by atoms with van der Waals surface area (Å²) in [7, 11) is -9.00. The van der Waals surface area contributed by atoms with Gasteiger partial charge in [0.15, 0.2) is 0 Å². The van der Waals surface area contributed by atoms with Crippen LogP contribution in [0.4, 0.5) is 5.69 Å². The van der Waals surface area contributed by atoms with Crippen LogP contribution in [0.5, 0.6) is 0 Å². The van der Waals surface area contributed by atoms with Gasteiger partial charge in [0.05, 0.1) is 11.7 Å². The molecule has 0 aliphatic carbocycles. The van der Waals surface area contributed by atoms with E-state index in [9.17, 15) is 27.0 Å². The molecule has 1 atom stereocenters. The van der Waals surface area contributed by atoms with E-state index in [0.717, 1.165) is 6.07 Å². The molecule has 0 unspecified atom stereocenters. The summed E-state index contributed by atoms with van der Waals surface area (Å²) in [6.45, 7) is 0.421. The number of nitrogens with zero attached hydrogens (tertiary/aromatic N) is 4. The summed E-state index contributed by atoms with van der Waals surface area (Å²) in [4.78, 5) is 0.558. The van der Waals surface area contributed by atoms with Crippen molar-refractivity contribution in [2.24, 2.45) is 16.8 Å². The van der Waals surface area contributed by atoms with Gasteiger partial charge >= 0.3 is 0 Å². The van der Waals surface area contributed by atoms with Crippen molar-refractivity contribution in [3.8, 4) is 11.4 Å². The van der Waals surface area contributed by atoms with Gasteiger partial charge < -0.3 is 20.8 Å². The van der Waals surface area contributed by atoms with Crippen molar-refractivity contribution < 1.29 is 27.0 Å². The molecule has 1 aromatic heterocycles. The number of H-pyrrole nitrogens is 1. The van der Waals surface area contributed by atoms with Gasteiger partial charge in [-0.1, -0.05) is 0 Å². The smallest absolute Gasteiger partial charge is 0.242 e. The standard InChI is InChI=1S/C16H26N8O6S2/c17-7-11(26)8-19-32(29,30)13-2-1-12(24-5-3-10(9-25)4-6-24)14(15(13)31(18,27)28)16-20-22-23-21-16/h1-2,10-11,19,25-26H,3-9,17H2,(H2,18,27,28)(H,20,21,22,23)/t11-/m1/s1. The number of nitrogens with two attached hydrogens (primary N) is 2. The van der Waals surface area contributed by atoms with E-state index in [0.29, 0.717) is 31.6 Å². The summed E-state index contributed by atoms with van der Waals surface area (Å²) >= 11 is 0. The van der Waals surface area contributed by atoms with Gasteiger partial charge in [-0.15, -0.1) is 10.2 Å². The molecule has 32 heavy (non-hydrogen) atoms. The fourth-order valence-corrected chi connectivity index (χ4v) is 6.19. The lowest BCUT2D eigenvalue weighted by Crippen LogP contribution is -2.37. The number of rotatable bonds is 9. The van der Waals surface area contributed by atoms with Crippen molar-refractivity contribution in [3.05, 3.63) is 12.1 Å². The Balaban J connectivity index is 2.18. The molecule has 2 aromatic rings. The van der Waals surface area contributed by atoms with Gasteiger partial charge in [-0.25, -0.2) is 26.7 Å². The van der Waals surface area contributed by atoms with Crippen molar-refractivity contribution in [1.82, 2.24) is 25.3 Å². The highest BCUT2D eigenvalue weighted by atomic mass is 32.2. The Morgan fingerprint density at radius 2 is 1.94 bits per heavy atom. The Morgan fingerprint density at radius 1 is 1.25 bits per heavy atom. The maximum atomic E-state index is 12.9. The van der Waals surface area contributed by atoms with Crippen LogP contribution in [-0.2, 0) is 20.0 Å². The van der Waals surface area contributed by atoms with Crippen molar-refractivity contribution in [2.75, 3.05) is 37.7 Å². The van der Waals surface area contributed by atoms with E-state index in [1.54, 1.807) is 0 Å². The molecule has 0 bridgehead atoms. The van der Waals surface area contributed by atoms with E-state index in [2.05, 4.69) is 25.3 Å². The molecule has 1 aliphatic heterocycles. The molecular formula is C16H26N8O6S2. The number of aliphatic hydroxyl groups is 2. The molecule has 1 saturated heterocycles. The third kappa shape index (κ3) is 5.22. The SMILES string of the molecule is NC[C@@H](O)CNS(=O)(=O)c1ccc(N2CCC(CO)CC2)c(-c2nn[nH]n2)c1S(N)(=O)=O. The normalized spacial score (nSPS) is 16.9. The molecule has 14 nitrogen and oxygen atoms in total. The highest BCUT2D eigenvalue weighted by molar-refractivity contribution is 7.92. The number of tetrazole rings is 1. The fourth-order valence-electron chi connectivity index (χ4n) is 3.52. The van der Waals surface area contributed by atoms with Gasteiger partial charge in [0.25, 0.3) is 0 Å². The van der Waals surface area contributed by atoms with Crippen LogP contribution in [0.15, 0.2) is 21.9 Å². The molecule has 0 radical (unpaired) electrons. The second-order valence-electron chi connectivity index (χ2n) is 7.42. The number of sulfonamides is 2. The monoisotopic (exact) mass is 490 g/mol. The Hall–Kier alpha value is -2.21. The van der Waals surface area contributed by atoms with Gasteiger partial charge in [-0.2, -0.15) is 5.21 Å². The molecule has 1 aromatic carbocycles. The summed E-state index contributed by atoms with van der Waals surface area (Å²) in [6, 6.07) is 2.58. The maximum Gasteiger partial charge on any atom is 0.242 e. The van der Waals surface area contributed by atoms with Crippen molar-refractivity contribution in [2.45, 2.75) is 28.7 Å². The first-order valence-electron chi connectivity index (χ1n) is 9.75. The lowest BCUT2D eigenvalue weighted by Gasteiger charge is -2.34. The fraction of sp³-hybridized carbons (Fsp3) is 0.562. The number of nitrogens with one attached hydrogen (secondary N) is 2. The van der Waals surface area contributed by atoms with Crippen LogP contribution in [0.3, 0.4) is 0 Å². The van der Waals surface area contributed by atoms with Gasteiger partial charge in [-0.05, 0) is 36.1 Å². The van der Waals surface area contributed by atoms with Crippen LogP contribution in [0, 0.1) is 5.92 Å². The molecule has 1 fully saturated rings. The van der Waals surface area contributed by atoms with Crippen LogP contribution in [0.1, 0.15) is 12.8 Å². The maximum absolute atomic E-state index is 12.9. The molecule has 1 aliphatic rings. The molecule has 3 rings (SSSR count). The number of aromatic amines is 1. The summed E-state index contributed by atoms with van der Waals surface area (Å²) in [5.74, 6) is -0.0252. The zero-order valence-electron chi connectivity index (χ0n) is 17.0. The average Bonchev–Trinajstić information content (AvgIpc) is 3.30. The van der Waals surface area contributed by atoms with Crippen molar-refractivity contribution in [1.29, 1.82) is 0 Å². The van der Waals surface area contributed by atoms with Crippen LogP contribution in [-0.4, -0.2) is 86.6 Å². The number of aliphatic hydroxyl groups excluding tert-OH is 2. The van der Waals surface area contributed by atoms with Crippen molar-refractivity contribution >= 4 is 25.7 Å². The Morgan fingerprint density at radius 3 is 2.47 bits per heavy atom. The summed E-state index contributed by atoms with van der Waals surface area (Å²) in [5.41, 5.74) is 5.56. The van der Waals surface area contributed by atoms with Crippen LogP contribution in [0.2, 0.25) is 0 Å². The first kappa shape index (κ1) is 24.4. The van der Waals surface area contributed by atoms with E-state index < -0.39 is 42.5 Å².